The van der Waals surface area contributed by atoms with Gasteiger partial charge in [0, 0.05) is 26.3 Å². The molecule has 1 aromatic carbocycles. The molecule has 1 aromatic heterocycles. The van der Waals surface area contributed by atoms with Gasteiger partial charge in [-0.2, -0.15) is 9.30 Å². The van der Waals surface area contributed by atoms with Crippen molar-refractivity contribution < 1.29 is 13.2 Å². The van der Waals surface area contributed by atoms with Crippen LogP contribution in [-0.4, -0.2) is 41.4 Å². The highest BCUT2D eigenvalue weighted by Gasteiger charge is 2.42. The van der Waals surface area contributed by atoms with Crippen LogP contribution in [0.3, 0.4) is 0 Å². The van der Waals surface area contributed by atoms with Gasteiger partial charge in [-0.3, -0.25) is 0 Å². The molecule has 126 valence electrons. The van der Waals surface area contributed by atoms with E-state index in [-0.39, 0.29) is 11.6 Å². The van der Waals surface area contributed by atoms with Crippen molar-refractivity contribution in [2.24, 2.45) is 12.0 Å². The van der Waals surface area contributed by atoms with Crippen LogP contribution in [0.25, 0.3) is 0 Å². The molecule has 8 heteroatoms. The largest absolute Gasteiger partial charge is 0.339 e. The number of piperidine rings is 1. The summed E-state index contributed by atoms with van der Waals surface area (Å²) in [5.41, 5.74) is -0.0856. The fourth-order valence-corrected chi connectivity index (χ4v) is 4.58. The average molecular weight is 346 g/mol. The van der Waals surface area contributed by atoms with Gasteiger partial charge in [-0.15, -0.1) is 0 Å². The molecule has 1 atom stereocenters. The van der Waals surface area contributed by atoms with Gasteiger partial charge in [-0.25, -0.2) is 18.2 Å². The van der Waals surface area contributed by atoms with Crippen LogP contribution in [0.5, 0.6) is 0 Å². The van der Waals surface area contributed by atoms with Gasteiger partial charge in [-0.05, 0) is 18.4 Å². The molecule has 0 saturated carbocycles. The fourth-order valence-electron chi connectivity index (χ4n) is 3.08. The SMILES string of the molecule is Cn1cnc(S(=O)(=O)N2CCCC(N=C=O)(c3ccccc3)C2)c1. The number of isocyanates is 1. The zero-order valence-corrected chi connectivity index (χ0v) is 14.1. The minimum Gasteiger partial charge on any atom is -0.339 e. The Hall–Kier alpha value is -2.28. The Morgan fingerprint density at radius 3 is 2.67 bits per heavy atom. The summed E-state index contributed by atoms with van der Waals surface area (Å²) < 4.78 is 28.6. The Morgan fingerprint density at radius 1 is 1.29 bits per heavy atom. The normalized spacial score (nSPS) is 22.0. The zero-order chi connectivity index (χ0) is 17.2. The molecular formula is C16H18N4O3S. The molecule has 24 heavy (non-hydrogen) atoms. The molecule has 0 N–H and O–H groups in total. The highest BCUT2D eigenvalue weighted by Crippen LogP contribution is 2.37. The first-order valence-electron chi connectivity index (χ1n) is 7.61. The van der Waals surface area contributed by atoms with E-state index in [4.69, 9.17) is 0 Å². The van der Waals surface area contributed by atoms with E-state index >= 15 is 0 Å². The molecule has 3 rings (SSSR count). The van der Waals surface area contributed by atoms with E-state index in [1.54, 1.807) is 17.7 Å². The maximum atomic E-state index is 12.8. The van der Waals surface area contributed by atoms with Crippen LogP contribution in [-0.2, 0) is 27.4 Å². The number of hydrogen-bond donors (Lipinski definition) is 0. The Bertz CT molecular complexity index is 872. The molecular weight excluding hydrogens is 328 g/mol. The number of aryl methyl sites for hydroxylation is 1. The number of carbonyl (C=O) groups excluding carboxylic acids is 1. The molecule has 1 unspecified atom stereocenters. The Labute approximate surface area is 140 Å². The molecule has 0 radical (unpaired) electrons. The molecule has 1 aliphatic rings. The molecule has 0 aliphatic carbocycles. The maximum Gasteiger partial charge on any atom is 0.262 e. The van der Waals surface area contributed by atoms with Crippen molar-refractivity contribution in [3.63, 3.8) is 0 Å². The summed E-state index contributed by atoms with van der Waals surface area (Å²) in [4.78, 5) is 19.0. The van der Waals surface area contributed by atoms with Gasteiger partial charge in [0.15, 0.2) is 5.03 Å². The van der Waals surface area contributed by atoms with Crippen LogP contribution in [0.2, 0.25) is 0 Å². The van der Waals surface area contributed by atoms with Gasteiger partial charge in [-0.1, -0.05) is 30.3 Å². The second kappa shape index (κ2) is 6.32. The van der Waals surface area contributed by atoms with Crippen molar-refractivity contribution in [1.29, 1.82) is 0 Å². The quantitative estimate of drug-likeness (QED) is 0.619. The van der Waals surface area contributed by atoms with E-state index < -0.39 is 15.6 Å². The number of imidazole rings is 1. The predicted octanol–water partition coefficient (Wildman–Crippen LogP) is 1.44. The fraction of sp³-hybridized carbons (Fsp3) is 0.375. The highest BCUT2D eigenvalue weighted by atomic mass is 32.2. The van der Waals surface area contributed by atoms with E-state index in [0.717, 1.165) is 5.56 Å². The molecule has 7 nitrogen and oxygen atoms in total. The summed E-state index contributed by atoms with van der Waals surface area (Å²) in [7, 11) is -2.01. The first kappa shape index (κ1) is 16.6. The van der Waals surface area contributed by atoms with E-state index in [0.29, 0.717) is 19.4 Å². The van der Waals surface area contributed by atoms with Crippen molar-refractivity contribution in [2.45, 2.75) is 23.4 Å². The van der Waals surface area contributed by atoms with Crippen molar-refractivity contribution in [2.75, 3.05) is 13.1 Å². The molecule has 0 amide bonds. The predicted molar refractivity (Wildman–Crippen MR) is 87.4 cm³/mol. The van der Waals surface area contributed by atoms with Crippen molar-refractivity contribution in [1.82, 2.24) is 13.9 Å². The summed E-state index contributed by atoms with van der Waals surface area (Å²) in [6.07, 6.45) is 5.75. The van der Waals surface area contributed by atoms with E-state index in [1.165, 1.54) is 16.8 Å². The second-order valence-corrected chi connectivity index (χ2v) is 7.81. The smallest absolute Gasteiger partial charge is 0.262 e. The summed E-state index contributed by atoms with van der Waals surface area (Å²) >= 11 is 0. The van der Waals surface area contributed by atoms with Crippen molar-refractivity contribution >= 4 is 16.1 Å². The van der Waals surface area contributed by atoms with E-state index in [1.807, 2.05) is 30.3 Å². The topological polar surface area (TPSA) is 84.6 Å². The number of rotatable bonds is 4. The van der Waals surface area contributed by atoms with Crippen LogP contribution in [0.1, 0.15) is 18.4 Å². The van der Waals surface area contributed by atoms with Gasteiger partial charge in [0.2, 0.25) is 6.08 Å². The summed E-state index contributed by atoms with van der Waals surface area (Å²) in [6.45, 7) is 0.479. The molecule has 1 saturated heterocycles. The number of sulfonamides is 1. The van der Waals surface area contributed by atoms with Gasteiger partial charge in [0.05, 0.1) is 6.33 Å². The van der Waals surface area contributed by atoms with Crippen LogP contribution in [0.15, 0.2) is 52.9 Å². The number of nitrogens with zero attached hydrogens (tertiary/aromatic N) is 4. The van der Waals surface area contributed by atoms with E-state index in [9.17, 15) is 13.2 Å². The molecule has 1 fully saturated rings. The minimum absolute atomic E-state index is 0.00365. The first-order chi connectivity index (χ1) is 11.5. The summed E-state index contributed by atoms with van der Waals surface area (Å²) in [5.74, 6) is 0. The van der Waals surface area contributed by atoms with Crippen LogP contribution in [0, 0.1) is 0 Å². The monoisotopic (exact) mass is 346 g/mol. The second-order valence-electron chi connectivity index (χ2n) is 5.92. The standard InChI is InChI=1S/C16H18N4O3S/c1-19-10-15(17-12-19)24(22,23)20-9-5-8-16(11-20,18-13-21)14-6-3-2-4-7-14/h2-4,6-7,10,12H,5,8-9,11H2,1H3. The third-order valence-electron chi connectivity index (χ3n) is 4.29. The highest BCUT2D eigenvalue weighted by molar-refractivity contribution is 7.89. The third-order valence-corrected chi connectivity index (χ3v) is 6.02. The van der Waals surface area contributed by atoms with Gasteiger partial charge < -0.3 is 4.57 Å². The zero-order valence-electron chi connectivity index (χ0n) is 13.3. The molecule has 0 spiro atoms. The number of aliphatic imine (C=N–C) groups is 1. The number of benzene rings is 1. The lowest BCUT2D eigenvalue weighted by molar-refractivity contribution is 0.230. The Kier molecular flexibility index (Phi) is 4.36. The lowest BCUT2D eigenvalue weighted by Gasteiger charge is -2.38. The third kappa shape index (κ3) is 2.91. The van der Waals surface area contributed by atoms with Gasteiger partial charge in [0.1, 0.15) is 5.54 Å². The summed E-state index contributed by atoms with van der Waals surface area (Å²) in [6, 6.07) is 9.29. The van der Waals surface area contributed by atoms with Gasteiger partial charge >= 0.3 is 0 Å². The minimum atomic E-state index is -3.73. The van der Waals surface area contributed by atoms with E-state index in [2.05, 4.69) is 9.98 Å². The Morgan fingerprint density at radius 2 is 2.04 bits per heavy atom. The number of hydrogen-bond acceptors (Lipinski definition) is 5. The molecule has 0 bridgehead atoms. The van der Waals surface area contributed by atoms with Gasteiger partial charge in [0.25, 0.3) is 10.0 Å². The van der Waals surface area contributed by atoms with Crippen LogP contribution < -0.4 is 0 Å². The molecule has 2 heterocycles. The summed E-state index contributed by atoms with van der Waals surface area (Å²) in [5, 5.41) is 0.00365. The number of aromatic nitrogens is 2. The average Bonchev–Trinajstić information content (AvgIpc) is 3.03. The van der Waals surface area contributed by atoms with Crippen LogP contribution >= 0.6 is 0 Å². The molecule has 2 aromatic rings. The lowest BCUT2D eigenvalue weighted by Crippen LogP contribution is -2.47. The molecule has 1 aliphatic heterocycles. The Balaban J connectivity index is 1.99. The van der Waals surface area contributed by atoms with Crippen LogP contribution in [0.4, 0.5) is 0 Å². The maximum absolute atomic E-state index is 12.8. The lowest BCUT2D eigenvalue weighted by atomic mass is 9.84. The van der Waals surface area contributed by atoms with Crippen molar-refractivity contribution in [3.8, 4) is 0 Å². The van der Waals surface area contributed by atoms with Crippen molar-refractivity contribution in [3.05, 3.63) is 48.4 Å². The first-order valence-corrected chi connectivity index (χ1v) is 9.05.